The predicted molar refractivity (Wildman–Crippen MR) is 80.1 cm³/mol. The van der Waals surface area contributed by atoms with E-state index in [1.807, 2.05) is 13.8 Å². The van der Waals surface area contributed by atoms with Crippen LogP contribution in [0, 0.1) is 5.92 Å². The van der Waals surface area contributed by atoms with Gasteiger partial charge >= 0.3 is 0 Å². The van der Waals surface area contributed by atoms with Gasteiger partial charge in [-0.25, -0.2) is 0 Å². The van der Waals surface area contributed by atoms with Crippen molar-refractivity contribution in [1.29, 1.82) is 0 Å². The summed E-state index contributed by atoms with van der Waals surface area (Å²) in [5.74, 6) is 0.481. The fourth-order valence-electron chi connectivity index (χ4n) is 2.76. The molecule has 20 heavy (non-hydrogen) atoms. The zero-order valence-electron chi connectivity index (χ0n) is 12.8. The van der Waals surface area contributed by atoms with Crippen LogP contribution in [0.4, 0.5) is 0 Å². The highest BCUT2D eigenvalue weighted by atomic mass is 16.2. The highest BCUT2D eigenvalue weighted by Gasteiger charge is 2.25. The normalized spacial score (nSPS) is 22.6. The van der Waals surface area contributed by atoms with Crippen LogP contribution < -0.4 is 16.4 Å². The molecule has 1 saturated carbocycles. The van der Waals surface area contributed by atoms with Gasteiger partial charge in [0.05, 0.1) is 0 Å². The van der Waals surface area contributed by atoms with Crippen LogP contribution in [0.2, 0.25) is 0 Å². The van der Waals surface area contributed by atoms with Gasteiger partial charge in [0.2, 0.25) is 11.8 Å². The molecule has 0 aromatic carbocycles. The first-order chi connectivity index (χ1) is 9.52. The zero-order chi connectivity index (χ0) is 15.0. The average molecular weight is 283 g/mol. The van der Waals surface area contributed by atoms with Gasteiger partial charge in [-0.15, -0.1) is 0 Å². The van der Waals surface area contributed by atoms with E-state index in [0.717, 1.165) is 19.3 Å². The van der Waals surface area contributed by atoms with Gasteiger partial charge in [-0.2, -0.15) is 0 Å². The molecule has 0 saturated heterocycles. The van der Waals surface area contributed by atoms with Gasteiger partial charge in [0.25, 0.3) is 0 Å². The molecule has 0 aliphatic heterocycles. The van der Waals surface area contributed by atoms with Crippen molar-refractivity contribution >= 4 is 11.8 Å². The van der Waals surface area contributed by atoms with E-state index in [4.69, 9.17) is 5.73 Å². The monoisotopic (exact) mass is 283 g/mol. The molecule has 5 heteroatoms. The van der Waals surface area contributed by atoms with Gasteiger partial charge in [0, 0.05) is 24.9 Å². The lowest BCUT2D eigenvalue weighted by molar-refractivity contribution is -0.123. The summed E-state index contributed by atoms with van der Waals surface area (Å²) in [5.41, 5.74) is 5.75. The summed E-state index contributed by atoms with van der Waals surface area (Å²) >= 11 is 0. The maximum atomic E-state index is 11.9. The number of hydrogen-bond acceptors (Lipinski definition) is 3. The van der Waals surface area contributed by atoms with Crippen LogP contribution in [0.3, 0.4) is 0 Å². The van der Waals surface area contributed by atoms with E-state index >= 15 is 0 Å². The van der Waals surface area contributed by atoms with Crippen molar-refractivity contribution in [2.45, 2.75) is 70.9 Å². The van der Waals surface area contributed by atoms with Crippen LogP contribution in [0.15, 0.2) is 0 Å². The lowest BCUT2D eigenvalue weighted by atomic mass is 9.84. The molecule has 2 atom stereocenters. The molecule has 2 unspecified atom stereocenters. The Bertz CT molecular complexity index is 318. The number of nitrogens with one attached hydrogen (secondary N) is 2. The Hall–Kier alpha value is -1.10. The topological polar surface area (TPSA) is 84.2 Å². The van der Waals surface area contributed by atoms with Crippen molar-refractivity contribution in [3.63, 3.8) is 0 Å². The Balaban J connectivity index is 2.21. The van der Waals surface area contributed by atoms with Crippen molar-refractivity contribution in [3.8, 4) is 0 Å². The molecule has 4 N–H and O–H groups in total. The maximum Gasteiger partial charge on any atom is 0.220 e. The Morgan fingerprint density at radius 1 is 1.15 bits per heavy atom. The zero-order valence-corrected chi connectivity index (χ0v) is 12.8. The van der Waals surface area contributed by atoms with Crippen LogP contribution in [0.25, 0.3) is 0 Å². The van der Waals surface area contributed by atoms with E-state index < -0.39 is 0 Å². The second-order valence-corrected chi connectivity index (χ2v) is 6.03. The van der Waals surface area contributed by atoms with E-state index in [-0.39, 0.29) is 23.9 Å². The first kappa shape index (κ1) is 17.0. The number of rotatable bonds is 7. The summed E-state index contributed by atoms with van der Waals surface area (Å²) in [6.45, 7) is 4.50. The van der Waals surface area contributed by atoms with Crippen LogP contribution in [0.1, 0.15) is 58.8 Å². The standard InChI is InChI=1S/C15H29N3O2/c1-11(2)17-14(19)8-5-9-15(20)18-13-7-4-3-6-12(13)10-16/h11-13H,3-10,16H2,1-2H3,(H,17,19)(H,18,20). The van der Waals surface area contributed by atoms with Gasteiger partial charge in [0.15, 0.2) is 0 Å². The van der Waals surface area contributed by atoms with Crippen molar-refractivity contribution in [2.24, 2.45) is 11.7 Å². The quantitative estimate of drug-likeness (QED) is 0.659. The van der Waals surface area contributed by atoms with E-state index in [9.17, 15) is 9.59 Å². The minimum atomic E-state index is 0.0188. The molecule has 0 bridgehead atoms. The first-order valence-corrected chi connectivity index (χ1v) is 7.81. The van der Waals surface area contributed by atoms with Crippen molar-refractivity contribution in [1.82, 2.24) is 10.6 Å². The molecule has 1 rings (SSSR count). The SMILES string of the molecule is CC(C)NC(=O)CCCC(=O)NC1CCCCC1CN. The Morgan fingerprint density at radius 3 is 2.45 bits per heavy atom. The lowest BCUT2D eigenvalue weighted by Gasteiger charge is -2.31. The number of carbonyl (C=O) groups excluding carboxylic acids is 2. The van der Waals surface area contributed by atoms with E-state index in [1.165, 1.54) is 6.42 Å². The highest BCUT2D eigenvalue weighted by molar-refractivity contribution is 5.79. The predicted octanol–water partition coefficient (Wildman–Crippen LogP) is 1.32. The molecular formula is C15H29N3O2. The van der Waals surface area contributed by atoms with Crippen molar-refractivity contribution < 1.29 is 9.59 Å². The van der Waals surface area contributed by atoms with Crippen LogP contribution in [-0.4, -0.2) is 30.4 Å². The molecular weight excluding hydrogens is 254 g/mol. The van der Waals surface area contributed by atoms with Gasteiger partial charge in [-0.1, -0.05) is 12.8 Å². The van der Waals surface area contributed by atoms with E-state index in [1.54, 1.807) is 0 Å². The Morgan fingerprint density at radius 2 is 1.80 bits per heavy atom. The second-order valence-electron chi connectivity index (χ2n) is 6.03. The molecule has 2 amide bonds. The number of amides is 2. The van der Waals surface area contributed by atoms with E-state index in [2.05, 4.69) is 10.6 Å². The molecule has 5 nitrogen and oxygen atoms in total. The van der Waals surface area contributed by atoms with Crippen molar-refractivity contribution in [2.75, 3.05) is 6.54 Å². The van der Waals surface area contributed by atoms with Crippen molar-refractivity contribution in [3.05, 3.63) is 0 Å². The summed E-state index contributed by atoms with van der Waals surface area (Å²) < 4.78 is 0. The third-order valence-electron chi connectivity index (χ3n) is 3.82. The Labute approximate surface area is 122 Å². The number of nitrogens with two attached hydrogens (primary N) is 1. The molecule has 0 radical (unpaired) electrons. The highest BCUT2D eigenvalue weighted by Crippen LogP contribution is 2.23. The van der Waals surface area contributed by atoms with Gasteiger partial charge < -0.3 is 16.4 Å². The van der Waals surface area contributed by atoms with Crippen LogP contribution >= 0.6 is 0 Å². The summed E-state index contributed by atoms with van der Waals surface area (Å²) in [6, 6.07) is 0.384. The number of carbonyl (C=O) groups is 2. The smallest absolute Gasteiger partial charge is 0.220 e. The Kier molecular flexibility index (Phi) is 7.59. The van der Waals surface area contributed by atoms with E-state index in [0.29, 0.717) is 31.7 Å². The third-order valence-corrected chi connectivity index (χ3v) is 3.82. The second kappa shape index (κ2) is 8.95. The van der Waals surface area contributed by atoms with Gasteiger partial charge in [-0.05, 0) is 45.6 Å². The summed E-state index contributed by atoms with van der Waals surface area (Å²) in [7, 11) is 0. The van der Waals surface area contributed by atoms with Gasteiger partial charge in [-0.3, -0.25) is 9.59 Å². The lowest BCUT2D eigenvalue weighted by Crippen LogP contribution is -2.44. The minimum absolute atomic E-state index is 0.0188. The fourth-order valence-corrected chi connectivity index (χ4v) is 2.76. The first-order valence-electron chi connectivity index (χ1n) is 7.81. The average Bonchev–Trinajstić information content (AvgIpc) is 2.38. The summed E-state index contributed by atoms with van der Waals surface area (Å²) in [5, 5.41) is 5.91. The molecule has 0 aromatic heterocycles. The van der Waals surface area contributed by atoms with Crippen LogP contribution in [-0.2, 0) is 9.59 Å². The summed E-state index contributed by atoms with van der Waals surface area (Å²) in [4.78, 5) is 23.4. The molecule has 1 fully saturated rings. The fraction of sp³-hybridized carbons (Fsp3) is 0.867. The molecule has 0 aromatic rings. The molecule has 116 valence electrons. The molecule has 1 aliphatic rings. The molecule has 1 aliphatic carbocycles. The third kappa shape index (κ3) is 6.37. The largest absolute Gasteiger partial charge is 0.354 e. The summed E-state index contributed by atoms with van der Waals surface area (Å²) in [6.07, 6.45) is 5.95. The maximum absolute atomic E-state index is 11.9. The minimum Gasteiger partial charge on any atom is -0.354 e. The van der Waals surface area contributed by atoms with Gasteiger partial charge in [0.1, 0.15) is 0 Å². The molecule has 0 heterocycles. The number of hydrogen-bond donors (Lipinski definition) is 3. The molecule has 0 spiro atoms. The van der Waals surface area contributed by atoms with Crippen LogP contribution in [0.5, 0.6) is 0 Å².